The van der Waals surface area contributed by atoms with Gasteiger partial charge in [-0.05, 0) is 72.0 Å². The molecule has 0 unspecified atom stereocenters. The summed E-state index contributed by atoms with van der Waals surface area (Å²) in [7, 11) is 0. The number of fused-ring (bicyclic) bond motifs is 1. The molecule has 0 amide bonds. The molecule has 26 heavy (non-hydrogen) atoms. The van der Waals surface area contributed by atoms with E-state index in [1.54, 1.807) is 12.1 Å². The van der Waals surface area contributed by atoms with Gasteiger partial charge in [-0.2, -0.15) is 4.68 Å². The van der Waals surface area contributed by atoms with Crippen LogP contribution in [-0.2, 0) is 12.8 Å². The molecule has 1 heterocycles. The first-order valence-electron chi connectivity index (χ1n) is 8.49. The lowest BCUT2D eigenvalue weighted by Gasteiger charge is -2.11. The zero-order valence-electron chi connectivity index (χ0n) is 14.2. The molecule has 0 N–H and O–H groups in total. The second-order valence-electron chi connectivity index (χ2n) is 6.31. The van der Waals surface area contributed by atoms with Crippen molar-refractivity contribution in [2.75, 3.05) is 0 Å². The smallest absolute Gasteiger partial charge is 0.214 e. The molecule has 4 rings (SSSR count). The van der Waals surface area contributed by atoms with Gasteiger partial charge < -0.3 is 0 Å². The van der Waals surface area contributed by atoms with Gasteiger partial charge in [-0.3, -0.25) is 4.79 Å². The van der Waals surface area contributed by atoms with Crippen LogP contribution >= 0.6 is 11.8 Å². The van der Waals surface area contributed by atoms with Crippen molar-refractivity contribution in [1.29, 1.82) is 0 Å². The van der Waals surface area contributed by atoms with Gasteiger partial charge in [0, 0.05) is 5.56 Å². The van der Waals surface area contributed by atoms with E-state index in [9.17, 15) is 9.18 Å². The fraction of sp³-hybridized carbons (Fsp3) is 0.263. The van der Waals surface area contributed by atoms with Gasteiger partial charge in [0.25, 0.3) is 0 Å². The van der Waals surface area contributed by atoms with Gasteiger partial charge in [0.1, 0.15) is 5.82 Å². The lowest BCUT2D eigenvalue weighted by molar-refractivity contribution is 0.0993. The van der Waals surface area contributed by atoms with Gasteiger partial charge in [0.2, 0.25) is 5.16 Å². The fourth-order valence-corrected chi connectivity index (χ4v) is 4.08. The molecule has 0 saturated heterocycles. The molecule has 1 aliphatic carbocycles. The molecule has 1 aromatic heterocycles. The Kier molecular flexibility index (Phi) is 4.55. The maximum Gasteiger partial charge on any atom is 0.214 e. The monoisotopic (exact) mass is 368 g/mol. The van der Waals surface area contributed by atoms with Gasteiger partial charge in [-0.15, -0.1) is 5.10 Å². The van der Waals surface area contributed by atoms with Gasteiger partial charge in [-0.25, -0.2) is 4.39 Å². The van der Waals surface area contributed by atoms with Crippen LogP contribution < -0.4 is 0 Å². The molecule has 1 aliphatic rings. The van der Waals surface area contributed by atoms with E-state index >= 15 is 0 Å². The summed E-state index contributed by atoms with van der Waals surface area (Å²) < 4.78 is 14.9. The number of rotatable bonds is 5. The highest BCUT2D eigenvalue weighted by Gasteiger charge is 2.22. The van der Waals surface area contributed by atoms with Crippen molar-refractivity contribution < 1.29 is 9.18 Å². The Balaban J connectivity index is 1.54. The lowest BCUT2D eigenvalue weighted by Crippen LogP contribution is -2.15. The molecule has 0 aliphatic heterocycles. The number of hydrogen-bond acceptors (Lipinski definition) is 5. The molecule has 7 heteroatoms. The third kappa shape index (κ3) is 3.26. The van der Waals surface area contributed by atoms with E-state index in [1.807, 2.05) is 19.1 Å². The van der Waals surface area contributed by atoms with Crippen molar-refractivity contribution in [3.05, 3.63) is 65.0 Å². The van der Waals surface area contributed by atoms with Crippen LogP contribution in [0.1, 0.15) is 34.8 Å². The van der Waals surface area contributed by atoms with E-state index in [-0.39, 0.29) is 16.9 Å². The van der Waals surface area contributed by atoms with Crippen molar-refractivity contribution in [3.63, 3.8) is 0 Å². The number of tetrazole rings is 1. The molecule has 0 fully saturated rings. The molecule has 3 aromatic rings. The normalized spacial score (nSPS) is 14.2. The molecule has 0 saturated carbocycles. The first-order chi connectivity index (χ1) is 12.6. The molecule has 0 radical (unpaired) electrons. The SMILES string of the molecule is C[C@@H](Sc1nnnn1-c1cccc(F)c1)C(=O)c1ccc2c(c1)CCC2. The van der Waals surface area contributed by atoms with Crippen LogP contribution in [0.5, 0.6) is 0 Å². The summed E-state index contributed by atoms with van der Waals surface area (Å²) in [6.45, 7) is 1.84. The molecule has 5 nitrogen and oxygen atoms in total. The summed E-state index contributed by atoms with van der Waals surface area (Å²) in [5.74, 6) is -0.324. The summed E-state index contributed by atoms with van der Waals surface area (Å²) in [5.41, 5.74) is 3.86. The highest BCUT2D eigenvalue weighted by molar-refractivity contribution is 8.00. The highest BCUT2D eigenvalue weighted by atomic mass is 32.2. The summed E-state index contributed by atoms with van der Waals surface area (Å²) in [6.07, 6.45) is 3.28. The van der Waals surface area contributed by atoms with Crippen LogP contribution in [0.3, 0.4) is 0 Å². The third-order valence-electron chi connectivity index (χ3n) is 4.53. The fourth-order valence-electron chi connectivity index (χ4n) is 3.19. The van der Waals surface area contributed by atoms with E-state index in [0.29, 0.717) is 10.8 Å². The van der Waals surface area contributed by atoms with Crippen molar-refractivity contribution in [2.45, 2.75) is 36.6 Å². The molecule has 2 aromatic carbocycles. The molecule has 132 valence electrons. The highest BCUT2D eigenvalue weighted by Crippen LogP contribution is 2.28. The Morgan fingerprint density at radius 1 is 1.19 bits per heavy atom. The minimum atomic E-state index is -0.365. The number of nitrogens with zero attached hydrogens (tertiary/aromatic N) is 4. The van der Waals surface area contributed by atoms with Crippen LogP contribution in [0.25, 0.3) is 5.69 Å². The predicted octanol–water partition coefficient (Wildman–Crippen LogP) is 3.65. The number of aryl methyl sites for hydroxylation is 2. The van der Waals surface area contributed by atoms with E-state index in [0.717, 1.165) is 24.8 Å². The second kappa shape index (κ2) is 6.99. The number of ketones is 1. The van der Waals surface area contributed by atoms with Crippen molar-refractivity contribution in [3.8, 4) is 5.69 Å². The van der Waals surface area contributed by atoms with Crippen LogP contribution in [0.15, 0.2) is 47.6 Å². The summed E-state index contributed by atoms with van der Waals surface area (Å²) >= 11 is 1.27. The molecular weight excluding hydrogens is 351 g/mol. The summed E-state index contributed by atoms with van der Waals surface area (Å²) in [5, 5.41) is 11.7. The van der Waals surface area contributed by atoms with Gasteiger partial charge in [-0.1, -0.05) is 30.0 Å². The second-order valence-corrected chi connectivity index (χ2v) is 7.62. The first-order valence-corrected chi connectivity index (χ1v) is 9.37. The zero-order chi connectivity index (χ0) is 18.1. The van der Waals surface area contributed by atoms with Gasteiger partial charge in [0.15, 0.2) is 5.78 Å². The number of benzene rings is 2. The number of thioether (sulfide) groups is 1. The Hall–Kier alpha value is -2.54. The summed E-state index contributed by atoms with van der Waals surface area (Å²) in [6, 6.07) is 12.0. The van der Waals surface area contributed by atoms with E-state index in [1.165, 1.54) is 39.7 Å². The Morgan fingerprint density at radius 3 is 2.88 bits per heavy atom. The molecule has 1 atom stereocenters. The van der Waals surface area contributed by atoms with E-state index in [2.05, 4.69) is 21.6 Å². The minimum absolute atomic E-state index is 0.0403. The Bertz CT molecular complexity index is 972. The van der Waals surface area contributed by atoms with Crippen LogP contribution in [-0.4, -0.2) is 31.2 Å². The van der Waals surface area contributed by atoms with Gasteiger partial charge in [0.05, 0.1) is 10.9 Å². The van der Waals surface area contributed by atoms with Crippen LogP contribution in [0, 0.1) is 5.82 Å². The lowest BCUT2D eigenvalue weighted by atomic mass is 10.0. The van der Waals surface area contributed by atoms with Crippen LogP contribution in [0.4, 0.5) is 4.39 Å². The number of hydrogen-bond donors (Lipinski definition) is 0. The van der Waals surface area contributed by atoms with E-state index in [4.69, 9.17) is 0 Å². The molecule has 0 spiro atoms. The third-order valence-corrected chi connectivity index (χ3v) is 5.56. The number of carbonyl (C=O) groups excluding carboxylic acids is 1. The minimum Gasteiger partial charge on any atom is -0.293 e. The number of Topliss-reactive ketones (excluding diaryl/α,β-unsaturated/α-hetero) is 1. The number of aromatic nitrogens is 4. The average molecular weight is 368 g/mol. The maximum atomic E-state index is 13.5. The summed E-state index contributed by atoms with van der Waals surface area (Å²) in [4.78, 5) is 12.8. The van der Waals surface area contributed by atoms with Crippen molar-refractivity contribution >= 4 is 17.5 Å². The topological polar surface area (TPSA) is 60.7 Å². The number of carbonyl (C=O) groups is 1. The van der Waals surface area contributed by atoms with Gasteiger partial charge >= 0.3 is 0 Å². The zero-order valence-corrected chi connectivity index (χ0v) is 15.0. The number of halogens is 1. The van der Waals surface area contributed by atoms with Crippen LogP contribution in [0.2, 0.25) is 0 Å². The van der Waals surface area contributed by atoms with Crippen molar-refractivity contribution in [2.24, 2.45) is 0 Å². The Labute approximate surface area is 154 Å². The standard InChI is InChI=1S/C19H17FN4OS/c1-12(18(25)15-9-8-13-4-2-5-14(13)10-15)26-19-21-22-23-24(19)17-7-3-6-16(20)11-17/h3,6-12H,2,4-5H2,1H3/t12-/m1/s1. The average Bonchev–Trinajstić information content (AvgIpc) is 3.29. The van der Waals surface area contributed by atoms with Crippen molar-refractivity contribution in [1.82, 2.24) is 20.2 Å². The molecule has 0 bridgehead atoms. The Morgan fingerprint density at radius 2 is 2.04 bits per heavy atom. The maximum absolute atomic E-state index is 13.5. The largest absolute Gasteiger partial charge is 0.293 e. The first kappa shape index (κ1) is 16.9. The molecular formula is C19H17FN4OS. The quantitative estimate of drug-likeness (QED) is 0.508. The van der Waals surface area contributed by atoms with E-state index < -0.39 is 0 Å². The predicted molar refractivity (Wildman–Crippen MR) is 97.2 cm³/mol.